The van der Waals surface area contributed by atoms with Crippen LogP contribution in [0.4, 0.5) is 0 Å². The van der Waals surface area contributed by atoms with Crippen LogP contribution in [0.25, 0.3) is 0 Å². The number of carbonyl (C=O) groups is 2. The van der Waals surface area contributed by atoms with Crippen LogP contribution < -0.4 is 5.32 Å². The molecule has 0 aliphatic heterocycles. The smallest absolute Gasteiger partial charge is 0.251 e. The first-order valence-corrected chi connectivity index (χ1v) is 5.22. The molecular formula is C12H16N2O2. The zero-order valence-corrected chi connectivity index (χ0v) is 9.56. The van der Waals surface area contributed by atoms with Gasteiger partial charge in [0.25, 0.3) is 5.91 Å². The summed E-state index contributed by atoms with van der Waals surface area (Å²) in [5, 5.41) is 2.58. The summed E-state index contributed by atoms with van der Waals surface area (Å²) in [6.07, 6.45) is 0. The maximum absolute atomic E-state index is 11.6. The molecule has 4 heteroatoms. The molecule has 0 radical (unpaired) electrons. The second kappa shape index (κ2) is 5.90. The number of nitrogens with zero attached hydrogens (tertiary/aromatic N) is 1. The molecule has 1 aromatic rings. The van der Waals surface area contributed by atoms with Gasteiger partial charge in [0.05, 0.1) is 6.54 Å². The third kappa shape index (κ3) is 3.38. The molecule has 4 nitrogen and oxygen atoms in total. The number of benzene rings is 1. The van der Waals surface area contributed by atoms with Crippen molar-refractivity contribution in [3.05, 3.63) is 35.9 Å². The van der Waals surface area contributed by atoms with Crippen LogP contribution in [0.5, 0.6) is 0 Å². The molecule has 0 unspecified atom stereocenters. The van der Waals surface area contributed by atoms with E-state index in [1.165, 1.54) is 0 Å². The first-order chi connectivity index (χ1) is 7.65. The first-order valence-electron chi connectivity index (χ1n) is 5.22. The van der Waals surface area contributed by atoms with Crippen molar-refractivity contribution in [3.63, 3.8) is 0 Å². The molecule has 0 aromatic heterocycles. The summed E-state index contributed by atoms with van der Waals surface area (Å²) in [7, 11) is 1.71. The average molecular weight is 220 g/mol. The highest BCUT2D eigenvalue weighted by molar-refractivity contribution is 5.96. The summed E-state index contributed by atoms with van der Waals surface area (Å²) in [4.78, 5) is 24.6. The highest BCUT2D eigenvalue weighted by Gasteiger charge is 2.09. The van der Waals surface area contributed by atoms with Gasteiger partial charge >= 0.3 is 0 Å². The van der Waals surface area contributed by atoms with E-state index in [-0.39, 0.29) is 18.4 Å². The zero-order chi connectivity index (χ0) is 12.0. The predicted octanol–water partition coefficient (Wildman–Crippen LogP) is 0.895. The molecule has 1 N–H and O–H groups in total. The minimum Gasteiger partial charge on any atom is -0.345 e. The number of amides is 2. The average Bonchev–Trinajstić information content (AvgIpc) is 2.35. The maximum Gasteiger partial charge on any atom is 0.251 e. The molecule has 86 valence electrons. The van der Waals surface area contributed by atoms with Gasteiger partial charge in [-0.3, -0.25) is 9.59 Å². The molecule has 0 aliphatic rings. The lowest BCUT2D eigenvalue weighted by Gasteiger charge is -2.14. The summed E-state index contributed by atoms with van der Waals surface area (Å²) in [6.45, 7) is 2.56. The van der Waals surface area contributed by atoms with Gasteiger partial charge in [-0.25, -0.2) is 0 Å². The Bertz CT molecular complexity index is 363. The Hall–Kier alpha value is -1.84. The van der Waals surface area contributed by atoms with E-state index in [4.69, 9.17) is 0 Å². The Kier molecular flexibility index (Phi) is 4.51. The first kappa shape index (κ1) is 12.2. The van der Waals surface area contributed by atoms with Crippen molar-refractivity contribution >= 4 is 11.8 Å². The van der Waals surface area contributed by atoms with Crippen LogP contribution in [-0.4, -0.2) is 36.9 Å². The van der Waals surface area contributed by atoms with E-state index in [0.29, 0.717) is 12.1 Å². The molecule has 0 spiro atoms. The zero-order valence-electron chi connectivity index (χ0n) is 9.56. The van der Waals surface area contributed by atoms with Gasteiger partial charge in [0, 0.05) is 19.2 Å². The number of rotatable bonds is 4. The van der Waals surface area contributed by atoms with Crippen molar-refractivity contribution < 1.29 is 9.59 Å². The second-order valence-electron chi connectivity index (χ2n) is 3.46. The van der Waals surface area contributed by atoms with E-state index in [1.807, 2.05) is 13.0 Å². The summed E-state index contributed by atoms with van der Waals surface area (Å²) in [6, 6.07) is 8.84. The highest BCUT2D eigenvalue weighted by Crippen LogP contribution is 1.97. The Morgan fingerprint density at radius 1 is 1.25 bits per heavy atom. The van der Waals surface area contributed by atoms with Crippen LogP contribution in [0.1, 0.15) is 17.3 Å². The van der Waals surface area contributed by atoms with Gasteiger partial charge in [-0.15, -0.1) is 0 Å². The highest BCUT2D eigenvalue weighted by atomic mass is 16.2. The molecular weight excluding hydrogens is 204 g/mol. The summed E-state index contributed by atoms with van der Waals surface area (Å²) >= 11 is 0. The van der Waals surface area contributed by atoms with Crippen LogP contribution in [0.2, 0.25) is 0 Å². The number of likely N-dealkylation sites (N-methyl/N-ethyl adjacent to an activating group) is 1. The molecule has 0 saturated heterocycles. The number of hydrogen-bond acceptors (Lipinski definition) is 2. The van der Waals surface area contributed by atoms with Crippen molar-refractivity contribution in [2.45, 2.75) is 6.92 Å². The third-order valence-corrected chi connectivity index (χ3v) is 2.34. The van der Waals surface area contributed by atoms with Crippen molar-refractivity contribution in [3.8, 4) is 0 Å². The summed E-state index contributed by atoms with van der Waals surface area (Å²) in [5.41, 5.74) is 0.564. The molecule has 0 heterocycles. The van der Waals surface area contributed by atoms with E-state index in [2.05, 4.69) is 5.32 Å². The predicted molar refractivity (Wildman–Crippen MR) is 62.1 cm³/mol. The molecule has 0 bridgehead atoms. The Balaban J connectivity index is 2.45. The molecule has 2 amide bonds. The number of nitrogens with one attached hydrogen (secondary N) is 1. The minimum atomic E-state index is -0.224. The lowest BCUT2D eigenvalue weighted by molar-refractivity contribution is -0.128. The van der Waals surface area contributed by atoms with E-state index in [1.54, 1.807) is 36.2 Å². The quantitative estimate of drug-likeness (QED) is 0.819. The summed E-state index contributed by atoms with van der Waals surface area (Å²) in [5.74, 6) is -0.315. The molecule has 16 heavy (non-hydrogen) atoms. The van der Waals surface area contributed by atoms with Crippen LogP contribution in [0.3, 0.4) is 0 Å². The lowest BCUT2D eigenvalue weighted by Crippen LogP contribution is -2.37. The van der Waals surface area contributed by atoms with Crippen LogP contribution in [-0.2, 0) is 4.79 Å². The van der Waals surface area contributed by atoms with Gasteiger partial charge in [0.1, 0.15) is 0 Å². The van der Waals surface area contributed by atoms with Gasteiger partial charge in [0.2, 0.25) is 5.91 Å². The van der Waals surface area contributed by atoms with Crippen molar-refractivity contribution in [2.24, 2.45) is 0 Å². The largest absolute Gasteiger partial charge is 0.345 e. The van der Waals surface area contributed by atoms with Crippen molar-refractivity contribution in [1.29, 1.82) is 0 Å². The summed E-state index contributed by atoms with van der Waals surface area (Å²) < 4.78 is 0. The number of carbonyl (C=O) groups excluding carboxylic acids is 2. The molecule has 0 atom stereocenters. The van der Waals surface area contributed by atoms with Gasteiger partial charge < -0.3 is 10.2 Å². The fourth-order valence-corrected chi connectivity index (χ4v) is 1.16. The SMILES string of the molecule is CCN(C)C(=O)CNC(=O)c1ccccc1. The monoisotopic (exact) mass is 220 g/mol. The van der Waals surface area contributed by atoms with Crippen molar-refractivity contribution in [2.75, 3.05) is 20.1 Å². The minimum absolute atomic E-state index is 0.0397. The van der Waals surface area contributed by atoms with E-state index >= 15 is 0 Å². The van der Waals surface area contributed by atoms with Gasteiger partial charge in [0.15, 0.2) is 0 Å². The van der Waals surface area contributed by atoms with E-state index < -0.39 is 0 Å². The molecule has 0 saturated carbocycles. The van der Waals surface area contributed by atoms with Gasteiger partial charge in [-0.2, -0.15) is 0 Å². The van der Waals surface area contributed by atoms with E-state index in [9.17, 15) is 9.59 Å². The fourth-order valence-electron chi connectivity index (χ4n) is 1.16. The molecule has 0 fully saturated rings. The molecule has 0 aliphatic carbocycles. The van der Waals surface area contributed by atoms with Crippen LogP contribution >= 0.6 is 0 Å². The normalized spacial score (nSPS) is 9.62. The van der Waals surface area contributed by atoms with E-state index in [0.717, 1.165) is 0 Å². The molecule has 1 aromatic carbocycles. The maximum atomic E-state index is 11.6. The topological polar surface area (TPSA) is 49.4 Å². The van der Waals surface area contributed by atoms with Crippen LogP contribution in [0.15, 0.2) is 30.3 Å². The number of hydrogen-bond donors (Lipinski definition) is 1. The fraction of sp³-hybridized carbons (Fsp3) is 0.333. The standard InChI is InChI=1S/C12H16N2O2/c1-3-14(2)11(15)9-13-12(16)10-7-5-4-6-8-10/h4-8H,3,9H2,1-2H3,(H,13,16). The Morgan fingerprint density at radius 3 is 2.44 bits per heavy atom. The second-order valence-corrected chi connectivity index (χ2v) is 3.46. The Labute approximate surface area is 95.3 Å². The van der Waals surface area contributed by atoms with Gasteiger partial charge in [-0.1, -0.05) is 18.2 Å². The van der Waals surface area contributed by atoms with Crippen LogP contribution in [0, 0.1) is 0 Å². The molecule has 1 rings (SSSR count). The Morgan fingerprint density at radius 2 is 1.88 bits per heavy atom. The third-order valence-electron chi connectivity index (χ3n) is 2.34. The lowest BCUT2D eigenvalue weighted by atomic mass is 10.2. The van der Waals surface area contributed by atoms with Crippen molar-refractivity contribution in [1.82, 2.24) is 10.2 Å². The van der Waals surface area contributed by atoms with Gasteiger partial charge in [-0.05, 0) is 19.1 Å².